The molecule has 0 bridgehead atoms. The van der Waals surface area contributed by atoms with Gasteiger partial charge in [0.15, 0.2) is 0 Å². The van der Waals surface area contributed by atoms with E-state index in [1.807, 2.05) is 81.4 Å². The fourth-order valence-corrected chi connectivity index (χ4v) is 2.46. The topological polar surface area (TPSA) is 67.4 Å². The van der Waals surface area contributed by atoms with Gasteiger partial charge in [-0.05, 0) is 24.0 Å². The Kier molecular flexibility index (Phi) is 7.86. The summed E-state index contributed by atoms with van der Waals surface area (Å²) in [6.07, 6.45) is -0.204. The zero-order valence-electron chi connectivity index (χ0n) is 16.1. The molecular formula is C22H28N2O3. The summed E-state index contributed by atoms with van der Waals surface area (Å²) in [4.78, 5) is 24.9. The van der Waals surface area contributed by atoms with Crippen molar-refractivity contribution < 1.29 is 14.3 Å². The van der Waals surface area contributed by atoms with Crippen molar-refractivity contribution in [1.82, 2.24) is 10.6 Å². The van der Waals surface area contributed by atoms with E-state index in [9.17, 15) is 9.59 Å². The molecule has 0 radical (unpaired) electrons. The lowest BCUT2D eigenvalue weighted by atomic mass is 10.0. The van der Waals surface area contributed by atoms with Gasteiger partial charge in [0.1, 0.15) is 12.6 Å². The van der Waals surface area contributed by atoms with Gasteiger partial charge in [-0.25, -0.2) is 4.79 Å². The molecule has 0 aliphatic carbocycles. The minimum atomic E-state index is -0.697. The lowest BCUT2D eigenvalue weighted by molar-refractivity contribution is -0.124. The first-order valence-electron chi connectivity index (χ1n) is 9.27. The molecule has 0 saturated carbocycles. The highest BCUT2D eigenvalue weighted by molar-refractivity contribution is 5.86. The summed E-state index contributed by atoms with van der Waals surface area (Å²) >= 11 is 0. The largest absolute Gasteiger partial charge is 0.445 e. The highest BCUT2D eigenvalue weighted by Crippen LogP contribution is 2.07. The quantitative estimate of drug-likeness (QED) is 0.747. The highest BCUT2D eigenvalue weighted by atomic mass is 16.5. The molecule has 0 heterocycles. The van der Waals surface area contributed by atoms with E-state index in [0.29, 0.717) is 12.3 Å². The fourth-order valence-electron chi connectivity index (χ4n) is 2.46. The molecule has 2 aromatic carbocycles. The molecule has 2 aromatic rings. The standard InChI is InChI=1S/C22H28N2O3/c1-16(2)17(3)23-21(25)20(14-18-10-6-4-7-11-18)24-22(26)27-15-19-12-8-5-9-13-19/h4-13,16-17,20H,14-15H2,1-3H3,(H,23,25)(H,24,26). The molecule has 27 heavy (non-hydrogen) atoms. The zero-order chi connectivity index (χ0) is 19.6. The second-order valence-electron chi connectivity index (χ2n) is 6.99. The lowest BCUT2D eigenvalue weighted by Gasteiger charge is -2.23. The predicted octanol–water partition coefficient (Wildman–Crippen LogP) is 3.68. The number of benzene rings is 2. The van der Waals surface area contributed by atoms with E-state index in [-0.39, 0.29) is 18.6 Å². The molecule has 5 heteroatoms. The van der Waals surface area contributed by atoms with Gasteiger partial charge in [-0.1, -0.05) is 74.5 Å². The SMILES string of the molecule is CC(C)C(C)NC(=O)C(Cc1ccccc1)NC(=O)OCc1ccccc1. The molecule has 0 aliphatic heterocycles. The van der Waals surface area contributed by atoms with Crippen LogP contribution >= 0.6 is 0 Å². The van der Waals surface area contributed by atoms with E-state index in [1.54, 1.807) is 0 Å². The van der Waals surface area contributed by atoms with Crippen LogP contribution in [0.25, 0.3) is 0 Å². The zero-order valence-corrected chi connectivity index (χ0v) is 16.1. The van der Waals surface area contributed by atoms with Crippen LogP contribution in [0.3, 0.4) is 0 Å². The van der Waals surface area contributed by atoms with Crippen molar-refractivity contribution in [2.75, 3.05) is 0 Å². The van der Waals surface area contributed by atoms with Gasteiger partial charge in [-0.2, -0.15) is 0 Å². The Morgan fingerprint density at radius 2 is 1.41 bits per heavy atom. The summed E-state index contributed by atoms with van der Waals surface area (Å²) in [5, 5.41) is 5.68. The first kappa shape index (κ1) is 20.5. The van der Waals surface area contributed by atoms with E-state index in [1.165, 1.54) is 0 Å². The third-order valence-electron chi connectivity index (χ3n) is 4.47. The Morgan fingerprint density at radius 1 is 0.852 bits per heavy atom. The molecule has 0 aromatic heterocycles. The molecule has 2 atom stereocenters. The average Bonchev–Trinajstić information content (AvgIpc) is 2.67. The number of alkyl carbamates (subject to hydrolysis) is 1. The number of hydrogen-bond acceptors (Lipinski definition) is 3. The van der Waals surface area contributed by atoms with Crippen LogP contribution in [0, 0.1) is 5.92 Å². The molecule has 5 nitrogen and oxygen atoms in total. The Morgan fingerprint density at radius 3 is 1.96 bits per heavy atom. The summed E-state index contributed by atoms with van der Waals surface area (Å²) < 4.78 is 5.27. The summed E-state index contributed by atoms with van der Waals surface area (Å²) in [6.45, 7) is 6.20. The van der Waals surface area contributed by atoms with Gasteiger partial charge in [-0.3, -0.25) is 4.79 Å². The third-order valence-corrected chi connectivity index (χ3v) is 4.47. The predicted molar refractivity (Wildman–Crippen MR) is 106 cm³/mol. The van der Waals surface area contributed by atoms with Crippen molar-refractivity contribution in [2.24, 2.45) is 5.92 Å². The van der Waals surface area contributed by atoms with Crippen molar-refractivity contribution in [2.45, 2.75) is 45.9 Å². The molecular weight excluding hydrogens is 340 g/mol. The number of nitrogens with one attached hydrogen (secondary N) is 2. The maximum Gasteiger partial charge on any atom is 0.408 e. The van der Waals surface area contributed by atoms with Crippen molar-refractivity contribution in [3.8, 4) is 0 Å². The first-order chi connectivity index (χ1) is 13.0. The Labute approximate surface area is 161 Å². The smallest absolute Gasteiger partial charge is 0.408 e. The number of rotatable bonds is 8. The van der Waals surface area contributed by atoms with E-state index in [4.69, 9.17) is 4.74 Å². The minimum absolute atomic E-state index is 0.0120. The van der Waals surface area contributed by atoms with Gasteiger partial charge >= 0.3 is 6.09 Å². The maximum atomic E-state index is 12.7. The molecule has 0 aliphatic rings. The fraction of sp³-hybridized carbons (Fsp3) is 0.364. The third kappa shape index (κ3) is 7.13. The van der Waals surface area contributed by atoms with Gasteiger partial charge in [0.2, 0.25) is 5.91 Å². The van der Waals surface area contributed by atoms with Gasteiger partial charge in [0.05, 0.1) is 0 Å². The molecule has 0 fully saturated rings. The average molecular weight is 368 g/mol. The second-order valence-corrected chi connectivity index (χ2v) is 6.99. The van der Waals surface area contributed by atoms with Gasteiger partial charge < -0.3 is 15.4 Å². The number of amides is 2. The van der Waals surface area contributed by atoms with Gasteiger partial charge in [0, 0.05) is 12.5 Å². The number of ether oxygens (including phenoxy) is 1. The van der Waals surface area contributed by atoms with Crippen LogP contribution in [0.2, 0.25) is 0 Å². The van der Waals surface area contributed by atoms with E-state index in [2.05, 4.69) is 10.6 Å². The van der Waals surface area contributed by atoms with Crippen LogP contribution in [-0.2, 0) is 22.6 Å². The van der Waals surface area contributed by atoms with Gasteiger partial charge in [-0.15, -0.1) is 0 Å². The molecule has 2 N–H and O–H groups in total. The van der Waals surface area contributed by atoms with Crippen LogP contribution in [0.1, 0.15) is 31.9 Å². The van der Waals surface area contributed by atoms with Crippen molar-refractivity contribution >= 4 is 12.0 Å². The summed E-state index contributed by atoms with van der Waals surface area (Å²) in [5.41, 5.74) is 1.86. The van der Waals surface area contributed by atoms with Gasteiger partial charge in [0.25, 0.3) is 0 Å². The van der Waals surface area contributed by atoms with E-state index < -0.39 is 12.1 Å². The molecule has 2 amide bonds. The maximum absolute atomic E-state index is 12.7. The second kappa shape index (κ2) is 10.4. The van der Waals surface area contributed by atoms with Crippen molar-refractivity contribution in [3.63, 3.8) is 0 Å². The van der Waals surface area contributed by atoms with Crippen LogP contribution in [0.4, 0.5) is 4.79 Å². The monoisotopic (exact) mass is 368 g/mol. The van der Waals surface area contributed by atoms with Crippen LogP contribution < -0.4 is 10.6 Å². The normalized spacial score (nSPS) is 12.9. The molecule has 2 unspecified atom stereocenters. The molecule has 0 saturated heterocycles. The summed E-state index contributed by atoms with van der Waals surface area (Å²) in [6, 6.07) is 18.4. The van der Waals surface area contributed by atoms with Crippen LogP contribution in [0.5, 0.6) is 0 Å². The Hall–Kier alpha value is -2.82. The van der Waals surface area contributed by atoms with Crippen LogP contribution in [-0.4, -0.2) is 24.1 Å². The van der Waals surface area contributed by atoms with Crippen molar-refractivity contribution in [1.29, 1.82) is 0 Å². The lowest BCUT2D eigenvalue weighted by Crippen LogP contribution is -2.51. The molecule has 144 valence electrons. The van der Waals surface area contributed by atoms with E-state index in [0.717, 1.165) is 11.1 Å². The number of carbonyl (C=O) groups excluding carboxylic acids is 2. The summed E-state index contributed by atoms with van der Waals surface area (Å²) in [5.74, 6) is 0.0908. The Balaban J connectivity index is 1.99. The minimum Gasteiger partial charge on any atom is -0.445 e. The highest BCUT2D eigenvalue weighted by Gasteiger charge is 2.24. The Bertz CT molecular complexity index is 717. The summed E-state index contributed by atoms with van der Waals surface area (Å²) in [7, 11) is 0. The number of hydrogen-bond donors (Lipinski definition) is 2. The molecule has 0 spiro atoms. The first-order valence-corrected chi connectivity index (χ1v) is 9.27. The van der Waals surface area contributed by atoms with Crippen molar-refractivity contribution in [3.05, 3.63) is 71.8 Å². The van der Waals surface area contributed by atoms with E-state index >= 15 is 0 Å². The van der Waals surface area contributed by atoms with Crippen LogP contribution in [0.15, 0.2) is 60.7 Å². The number of carbonyl (C=O) groups is 2. The molecule has 2 rings (SSSR count).